The largest absolute Gasteiger partial charge is 0.352 e. The third-order valence-corrected chi connectivity index (χ3v) is 4.51. The fraction of sp³-hybridized carbons (Fsp3) is 0.462. The molecule has 0 radical (unpaired) electrons. The highest BCUT2D eigenvalue weighted by molar-refractivity contribution is 14.1. The Morgan fingerprint density at radius 2 is 1.94 bits per heavy atom. The molecule has 1 amide bonds. The number of carbonyl (C=O) groups is 1. The first-order valence-corrected chi connectivity index (χ1v) is 8.93. The van der Waals surface area contributed by atoms with Crippen LogP contribution in [0.15, 0.2) is 22.7 Å². The summed E-state index contributed by atoms with van der Waals surface area (Å²) >= 11 is 8.98. The van der Waals surface area contributed by atoms with Crippen molar-refractivity contribution in [3.8, 4) is 0 Å². The summed E-state index contributed by atoms with van der Waals surface area (Å²) in [5, 5.41) is 4.03. The van der Waals surface area contributed by atoms with Gasteiger partial charge in [0.15, 0.2) is 0 Å². The third-order valence-electron chi connectivity index (χ3n) is 2.52. The van der Waals surface area contributed by atoms with Crippen LogP contribution in [0.25, 0.3) is 0 Å². The number of alkyl halides is 1. The van der Waals surface area contributed by atoms with Gasteiger partial charge in [0.25, 0.3) is 5.91 Å². The molecule has 1 rings (SSSR count). The molecule has 1 N–H and O–H groups in total. The molecule has 0 spiro atoms. The second kappa shape index (κ2) is 9.31. The quantitative estimate of drug-likeness (QED) is 0.335. The van der Waals surface area contributed by atoms with E-state index in [0.717, 1.165) is 31.9 Å². The molecular weight excluding hydrogens is 473 g/mol. The van der Waals surface area contributed by atoms with Gasteiger partial charge in [-0.05, 0) is 53.6 Å². The van der Waals surface area contributed by atoms with Gasteiger partial charge in [-0.2, -0.15) is 0 Å². The molecule has 100 valence electrons. The Kier molecular flexibility index (Phi) is 8.50. The van der Waals surface area contributed by atoms with Crippen molar-refractivity contribution >= 4 is 60.4 Å². The topological polar surface area (TPSA) is 29.1 Å². The van der Waals surface area contributed by atoms with E-state index >= 15 is 0 Å². The van der Waals surface area contributed by atoms with E-state index in [4.69, 9.17) is 0 Å². The van der Waals surface area contributed by atoms with Crippen LogP contribution in [0, 0.1) is 3.57 Å². The predicted octanol–water partition coefficient (Wildman–Crippen LogP) is 4.74. The number of nitrogens with one attached hydrogen (secondary N) is 1. The second-order valence-corrected chi connectivity index (χ2v) is 6.85. The number of amides is 1. The number of benzene rings is 1. The van der Waals surface area contributed by atoms with Gasteiger partial charge in [0, 0.05) is 19.9 Å². The molecule has 2 nitrogen and oxygen atoms in total. The summed E-state index contributed by atoms with van der Waals surface area (Å²) in [4.78, 5) is 12.0. The summed E-state index contributed by atoms with van der Waals surface area (Å²) in [6.45, 7) is 0.754. The van der Waals surface area contributed by atoms with Gasteiger partial charge in [0.05, 0.1) is 5.56 Å². The van der Waals surface area contributed by atoms with Gasteiger partial charge in [0.1, 0.15) is 0 Å². The van der Waals surface area contributed by atoms with Gasteiger partial charge >= 0.3 is 0 Å². The van der Waals surface area contributed by atoms with E-state index in [0.29, 0.717) is 0 Å². The number of halogens is 3. The Balaban J connectivity index is 2.34. The van der Waals surface area contributed by atoms with Crippen molar-refractivity contribution in [1.29, 1.82) is 0 Å². The molecule has 0 heterocycles. The maximum Gasteiger partial charge on any atom is 0.252 e. The van der Waals surface area contributed by atoms with Crippen LogP contribution in [0.3, 0.4) is 0 Å². The Morgan fingerprint density at radius 3 is 2.67 bits per heavy atom. The van der Waals surface area contributed by atoms with Crippen molar-refractivity contribution < 1.29 is 4.79 Å². The van der Waals surface area contributed by atoms with Gasteiger partial charge in [-0.15, -0.1) is 0 Å². The monoisotopic (exact) mass is 487 g/mol. The third kappa shape index (κ3) is 6.02. The van der Waals surface area contributed by atoms with Gasteiger partial charge in [0.2, 0.25) is 0 Å². The van der Waals surface area contributed by atoms with E-state index in [9.17, 15) is 4.79 Å². The maximum atomic E-state index is 12.0. The fourth-order valence-electron chi connectivity index (χ4n) is 1.54. The highest BCUT2D eigenvalue weighted by atomic mass is 127. The molecular formula is C13H16Br2INO. The minimum Gasteiger partial charge on any atom is -0.352 e. The zero-order valence-corrected chi connectivity index (χ0v) is 15.3. The minimum atomic E-state index is 0.0150. The highest BCUT2D eigenvalue weighted by Crippen LogP contribution is 2.18. The molecule has 0 atom stereocenters. The second-order valence-electron chi connectivity index (χ2n) is 3.98. The summed E-state index contributed by atoms with van der Waals surface area (Å²) in [7, 11) is 0. The van der Waals surface area contributed by atoms with Crippen LogP contribution < -0.4 is 5.32 Å². The summed E-state index contributed by atoms with van der Waals surface area (Å²) in [6, 6.07) is 5.75. The lowest BCUT2D eigenvalue weighted by molar-refractivity contribution is 0.0952. The lowest BCUT2D eigenvalue weighted by Gasteiger charge is -2.07. The van der Waals surface area contributed by atoms with E-state index in [1.165, 1.54) is 19.3 Å². The Bertz CT molecular complexity index is 399. The number of hydrogen-bond donors (Lipinski definition) is 1. The van der Waals surface area contributed by atoms with E-state index in [2.05, 4.69) is 59.8 Å². The molecule has 1 aromatic carbocycles. The zero-order valence-electron chi connectivity index (χ0n) is 10.0. The molecule has 0 bridgehead atoms. The average molecular weight is 489 g/mol. The predicted molar refractivity (Wildman–Crippen MR) is 91.5 cm³/mol. The molecule has 0 saturated carbocycles. The number of hydrogen-bond acceptors (Lipinski definition) is 1. The van der Waals surface area contributed by atoms with Crippen molar-refractivity contribution in [2.24, 2.45) is 0 Å². The van der Waals surface area contributed by atoms with Crippen molar-refractivity contribution in [2.75, 3.05) is 11.9 Å². The van der Waals surface area contributed by atoms with E-state index < -0.39 is 0 Å². The first-order valence-electron chi connectivity index (χ1n) is 5.94. The molecule has 0 saturated heterocycles. The first kappa shape index (κ1) is 16.4. The van der Waals surface area contributed by atoms with Crippen molar-refractivity contribution in [3.05, 3.63) is 31.8 Å². The van der Waals surface area contributed by atoms with Crippen LogP contribution in [0.4, 0.5) is 0 Å². The molecule has 0 aliphatic heterocycles. The van der Waals surface area contributed by atoms with Crippen molar-refractivity contribution in [2.45, 2.75) is 25.7 Å². The van der Waals surface area contributed by atoms with E-state index in [-0.39, 0.29) is 5.91 Å². The number of carbonyl (C=O) groups excluding carboxylic acids is 1. The Hall–Kier alpha value is 0.380. The maximum absolute atomic E-state index is 12.0. The lowest BCUT2D eigenvalue weighted by atomic mass is 10.2. The number of rotatable bonds is 7. The summed E-state index contributed by atoms with van der Waals surface area (Å²) in [5.41, 5.74) is 0.741. The van der Waals surface area contributed by atoms with E-state index in [1.54, 1.807) is 0 Å². The van der Waals surface area contributed by atoms with Gasteiger partial charge in [-0.1, -0.05) is 44.7 Å². The average Bonchev–Trinajstić information content (AvgIpc) is 2.36. The molecule has 5 heteroatoms. The molecule has 0 aliphatic rings. The van der Waals surface area contributed by atoms with Gasteiger partial charge in [-0.25, -0.2) is 0 Å². The van der Waals surface area contributed by atoms with Crippen molar-refractivity contribution in [3.63, 3.8) is 0 Å². The summed E-state index contributed by atoms with van der Waals surface area (Å²) in [6.07, 6.45) is 4.64. The lowest BCUT2D eigenvalue weighted by Crippen LogP contribution is -2.25. The molecule has 0 aliphatic carbocycles. The first-order chi connectivity index (χ1) is 8.65. The Morgan fingerprint density at radius 1 is 1.22 bits per heavy atom. The summed E-state index contributed by atoms with van der Waals surface area (Å²) in [5.74, 6) is 0.0150. The normalized spacial score (nSPS) is 10.4. The highest BCUT2D eigenvalue weighted by Gasteiger charge is 2.09. The fourth-order valence-corrected chi connectivity index (χ4v) is 2.88. The molecule has 0 aromatic heterocycles. The van der Waals surface area contributed by atoms with Crippen LogP contribution in [0.5, 0.6) is 0 Å². The van der Waals surface area contributed by atoms with Gasteiger partial charge in [-0.3, -0.25) is 4.79 Å². The summed E-state index contributed by atoms with van der Waals surface area (Å²) < 4.78 is 1.91. The van der Waals surface area contributed by atoms with Crippen LogP contribution in [-0.2, 0) is 0 Å². The van der Waals surface area contributed by atoms with Crippen LogP contribution in [0.1, 0.15) is 36.0 Å². The van der Waals surface area contributed by atoms with Crippen LogP contribution >= 0.6 is 54.5 Å². The van der Waals surface area contributed by atoms with Gasteiger partial charge < -0.3 is 5.32 Å². The number of unbranched alkanes of at least 4 members (excludes halogenated alkanes) is 3. The van der Waals surface area contributed by atoms with Crippen molar-refractivity contribution in [1.82, 2.24) is 5.32 Å². The molecule has 0 unspecified atom stereocenters. The standard InChI is InChI=1S/C13H16Br2INO/c14-7-3-1-2-4-8-17-13(18)11-9-10(15)5-6-12(11)16/h5-6,9H,1-4,7-8H2,(H,17,18). The molecule has 0 fully saturated rings. The minimum absolute atomic E-state index is 0.0150. The molecule has 1 aromatic rings. The zero-order chi connectivity index (χ0) is 13.4. The SMILES string of the molecule is O=C(NCCCCCCBr)c1cc(Br)ccc1I. The Labute approximate surface area is 139 Å². The van der Waals surface area contributed by atoms with Crippen LogP contribution in [-0.4, -0.2) is 17.8 Å². The van der Waals surface area contributed by atoms with E-state index in [1.807, 2.05) is 18.2 Å². The van der Waals surface area contributed by atoms with Crippen LogP contribution in [0.2, 0.25) is 0 Å². The molecule has 18 heavy (non-hydrogen) atoms. The smallest absolute Gasteiger partial charge is 0.252 e.